The van der Waals surface area contributed by atoms with Crippen molar-refractivity contribution < 1.29 is 14.0 Å². The first kappa shape index (κ1) is 17.8. The van der Waals surface area contributed by atoms with Gasteiger partial charge in [0.1, 0.15) is 10.6 Å². The fraction of sp³-hybridized carbons (Fsp3) is 0.333. The monoisotopic (exact) mass is 382 g/mol. The smallest absolute Gasteiger partial charge is 0.251 e. The highest BCUT2D eigenvalue weighted by atomic mass is 32.1. The van der Waals surface area contributed by atoms with Crippen molar-refractivity contribution in [2.24, 2.45) is 5.73 Å². The molecule has 2 heterocycles. The minimum atomic E-state index is -0.464. The lowest BCUT2D eigenvalue weighted by atomic mass is 10.0. The van der Waals surface area contributed by atoms with Gasteiger partial charge < -0.3 is 15.5 Å². The Morgan fingerprint density at radius 1 is 1.22 bits per heavy atom. The topological polar surface area (TPSA) is 85.3 Å². The first-order valence-corrected chi connectivity index (χ1v) is 10.1. The summed E-state index contributed by atoms with van der Waals surface area (Å²) in [5.74, 6) is -0.633. The molecular formula is C21H22N2O3S. The Hall–Kier alpha value is -2.60. The van der Waals surface area contributed by atoms with Gasteiger partial charge in [0.2, 0.25) is 5.91 Å². The number of furan rings is 1. The van der Waals surface area contributed by atoms with E-state index in [1.807, 2.05) is 25.1 Å². The predicted molar refractivity (Wildman–Crippen MR) is 107 cm³/mol. The summed E-state index contributed by atoms with van der Waals surface area (Å²) >= 11 is 1.49. The third-order valence-electron chi connectivity index (χ3n) is 5.08. The summed E-state index contributed by atoms with van der Waals surface area (Å²) in [7, 11) is 0. The molecule has 1 aromatic carbocycles. The molecule has 0 spiro atoms. The van der Waals surface area contributed by atoms with E-state index in [2.05, 4.69) is 5.32 Å². The lowest BCUT2D eigenvalue weighted by molar-refractivity contribution is -0.115. The van der Waals surface area contributed by atoms with Crippen LogP contribution in [-0.4, -0.2) is 11.8 Å². The molecule has 140 valence electrons. The fourth-order valence-electron chi connectivity index (χ4n) is 3.76. The largest absolute Gasteiger partial charge is 0.464 e. The number of amides is 2. The molecule has 1 aliphatic rings. The van der Waals surface area contributed by atoms with Gasteiger partial charge in [0.25, 0.3) is 5.91 Å². The molecule has 2 amide bonds. The minimum Gasteiger partial charge on any atom is -0.464 e. The van der Waals surface area contributed by atoms with Crippen LogP contribution in [0, 0.1) is 6.92 Å². The molecule has 1 aliphatic carbocycles. The number of carbonyl (C=O) groups is 2. The average Bonchev–Trinajstić information content (AvgIpc) is 3.07. The van der Waals surface area contributed by atoms with Crippen molar-refractivity contribution in [3.63, 3.8) is 0 Å². The molecule has 0 atom stereocenters. The number of fused-ring (bicyclic) bond motifs is 2. The van der Waals surface area contributed by atoms with Crippen LogP contribution >= 0.6 is 11.3 Å². The molecule has 0 radical (unpaired) electrons. The maximum absolute atomic E-state index is 12.6. The van der Waals surface area contributed by atoms with Crippen molar-refractivity contribution in [1.82, 2.24) is 0 Å². The van der Waals surface area contributed by atoms with Crippen LogP contribution in [0.25, 0.3) is 11.0 Å². The van der Waals surface area contributed by atoms with E-state index in [4.69, 9.17) is 10.2 Å². The van der Waals surface area contributed by atoms with Crippen molar-refractivity contribution in [3.05, 3.63) is 51.6 Å². The van der Waals surface area contributed by atoms with Gasteiger partial charge in [0, 0.05) is 15.8 Å². The Balaban J connectivity index is 1.58. The first-order valence-electron chi connectivity index (χ1n) is 9.24. The maximum Gasteiger partial charge on any atom is 0.251 e. The number of rotatable bonds is 4. The van der Waals surface area contributed by atoms with Crippen LogP contribution in [0.15, 0.2) is 28.9 Å². The van der Waals surface area contributed by atoms with Crippen LogP contribution in [0.4, 0.5) is 5.00 Å². The zero-order chi connectivity index (χ0) is 19.0. The van der Waals surface area contributed by atoms with E-state index in [1.54, 1.807) is 6.26 Å². The van der Waals surface area contributed by atoms with Crippen molar-refractivity contribution >= 4 is 39.1 Å². The standard InChI is InChI=1S/C21H22N2O3S/c1-12-7-8-14-13(11-26-16(14)9-12)10-18(24)23-21-19(20(22)25)15-5-3-2-4-6-17(15)27-21/h7-9,11H,2-6,10H2,1H3,(H2,22,25)(H,23,24). The summed E-state index contributed by atoms with van der Waals surface area (Å²) < 4.78 is 5.57. The van der Waals surface area contributed by atoms with Crippen molar-refractivity contribution in [3.8, 4) is 0 Å². The van der Waals surface area contributed by atoms with E-state index in [9.17, 15) is 9.59 Å². The van der Waals surface area contributed by atoms with E-state index < -0.39 is 5.91 Å². The lowest BCUT2D eigenvalue weighted by Gasteiger charge is -2.06. The Morgan fingerprint density at radius 3 is 2.85 bits per heavy atom. The summed E-state index contributed by atoms with van der Waals surface area (Å²) in [4.78, 5) is 25.9. The van der Waals surface area contributed by atoms with Crippen molar-refractivity contribution in [2.45, 2.75) is 45.4 Å². The number of primary amides is 1. The highest BCUT2D eigenvalue weighted by Crippen LogP contribution is 2.37. The molecule has 2 aromatic heterocycles. The molecule has 0 aliphatic heterocycles. The number of anilines is 1. The molecule has 3 aromatic rings. The van der Waals surface area contributed by atoms with E-state index in [1.165, 1.54) is 16.2 Å². The zero-order valence-electron chi connectivity index (χ0n) is 15.3. The second-order valence-corrected chi connectivity index (χ2v) is 8.22. The number of thiophene rings is 1. The number of nitrogens with one attached hydrogen (secondary N) is 1. The summed E-state index contributed by atoms with van der Waals surface area (Å²) in [5, 5.41) is 4.44. The molecule has 4 rings (SSSR count). The van der Waals surface area contributed by atoms with Crippen molar-refractivity contribution in [2.75, 3.05) is 5.32 Å². The Bertz CT molecular complexity index is 1030. The van der Waals surface area contributed by atoms with Gasteiger partial charge in [0.05, 0.1) is 18.2 Å². The molecule has 6 heteroatoms. The van der Waals surface area contributed by atoms with Gasteiger partial charge in [0.15, 0.2) is 0 Å². The van der Waals surface area contributed by atoms with Gasteiger partial charge >= 0.3 is 0 Å². The number of benzene rings is 1. The van der Waals surface area contributed by atoms with Crippen LogP contribution in [0.1, 0.15) is 51.2 Å². The molecule has 5 nitrogen and oxygen atoms in total. The van der Waals surface area contributed by atoms with E-state index in [0.29, 0.717) is 10.6 Å². The molecular weight excluding hydrogens is 360 g/mol. The molecule has 0 bridgehead atoms. The first-order chi connectivity index (χ1) is 13.0. The second kappa shape index (κ2) is 7.19. The third kappa shape index (κ3) is 3.49. The van der Waals surface area contributed by atoms with Crippen LogP contribution in [0.2, 0.25) is 0 Å². The molecule has 0 saturated carbocycles. The van der Waals surface area contributed by atoms with Crippen LogP contribution < -0.4 is 11.1 Å². The Kier molecular flexibility index (Phi) is 4.74. The van der Waals surface area contributed by atoms with Gasteiger partial charge in [-0.15, -0.1) is 11.3 Å². The fourth-order valence-corrected chi connectivity index (χ4v) is 5.07. The van der Waals surface area contributed by atoms with Crippen LogP contribution in [0.3, 0.4) is 0 Å². The van der Waals surface area contributed by atoms with Gasteiger partial charge in [-0.05, 0) is 49.8 Å². The number of nitrogens with two attached hydrogens (primary N) is 1. The highest BCUT2D eigenvalue weighted by Gasteiger charge is 2.24. The molecule has 0 fully saturated rings. The Morgan fingerprint density at radius 2 is 2.04 bits per heavy atom. The molecule has 0 saturated heterocycles. The number of aryl methyl sites for hydroxylation is 2. The summed E-state index contributed by atoms with van der Waals surface area (Å²) in [6.07, 6.45) is 6.94. The Labute approximate surface area is 161 Å². The van der Waals surface area contributed by atoms with E-state index >= 15 is 0 Å². The van der Waals surface area contributed by atoms with Gasteiger partial charge in [-0.25, -0.2) is 0 Å². The average molecular weight is 382 g/mol. The number of carbonyl (C=O) groups excluding carboxylic acids is 2. The predicted octanol–water partition coefficient (Wildman–Crippen LogP) is 4.35. The van der Waals surface area contributed by atoms with E-state index in [-0.39, 0.29) is 12.3 Å². The summed E-state index contributed by atoms with van der Waals surface area (Å²) in [5.41, 5.74) is 9.89. The van der Waals surface area contributed by atoms with Crippen LogP contribution in [0.5, 0.6) is 0 Å². The van der Waals surface area contributed by atoms with Crippen molar-refractivity contribution in [1.29, 1.82) is 0 Å². The van der Waals surface area contributed by atoms with Gasteiger partial charge in [-0.2, -0.15) is 0 Å². The molecule has 3 N–H and O–H groups in total. The second-order valence-electron chi connectivity index (χ2n) is 7.12. The molecule has 0 unspecified atom stereocenters. The van der Waals surface area contributed by atoms with E-state index in [0.717, 1.165) is 59.8 Å². The summed E-state index contributed by atoms with van der Waals surface area (Å²) in [6.45, 7) is 2.00. The quantitative estimate of drug-likeness (QED) is 0.658. The zero-order valence-corrected chi connectivity index (χ0v) is 16.1. The third-order valence-corrected chi connectivity index (χ3v) is 6.29. The van der Waals surface area contributed by atoms with Gasteiger partial charge in [-0.1, -0.05) is 18.6 Å². The SMILES string of the molecule is Cc1ccc2c(CC(=O)Nc3sc4c(c3C(N)=O)CCCCC4)coc2c1. The highest BCUT2D eigenvalue weighted by molar-refractivity contribution is 7.17. The number of hydrogen-bond donors (Lipinski definition) is 2. The maximum atomic E-state index is 12.6. The normalized spacial score (nSPS) is 14.0. The summed E-state index contributed by atoms with van der Waals surface area (Å²) in [6, 6.07) is 5.93. The molecule has 27 heavy (non-hydrogen) atoms. The minimum absolute atomic E-state index is 0.169. The number of hydrogen-bond acceptors (Lipinski definition) is 4. The van der Waals surface area contributed by atoms with Crippen LogP contribution in [-0.2, 0) is 24.1 Å². The lowest BCUT2D eigenvalue weighted by Crippen LogP contribution is -2.19. The van der Waals surface area contributed by atoms with Gasteiger partial charge in [-0.3, -0.25) is 9.59 Å².